The summed E-state index contributed by atoms with van der Waals surface area (Å²) in [5, 5.41) is 0.677. The number of fused-ring (bicyclic) bond motifs is 1. The smallest absolute Gasteiger partial charge is 0.301 e. The highest BCUT2D eigenvalue weighted by molar-refractivity contribution is 7.90. The Hall–Kier alpha value is -1.86. The minimum atomic E-state index is -3.58. The first-order valence-corrected chi connectivity index (χ1v) is 8.80. The van der Waals surface area contributed by atoms with Crippen molar-refractivity contribution in [2.75, 3.05) is 17.8 Å². The number of nitrogens with one attached hydrogen (secondary N) is 2. The normalized spacial score (nSPS) is 20.1. The zero-order valence-corrected chi connectivity index (χ0v) is 13.2. The van der Waals surface area contributed by atoms with Gasteiger partial charge in [-0.2, -0.15) is 12.7 Å². The van der Waals surface area contributed by atoms with Crippen molar-refractivity contribution in [3.63, 3.8) is 0 Å². The molecule has 1 aromatic heterocycles. The molecule has 0 radical (unpaired) electrons. The van der Waals surface area contributed by atoms with E-state index in [-0.39, 0.29) is 5.56 Å². The van der Waals surface area contributed by atoms with Gasteiger partial charge < -0.3 is 4.98 Å². The first-order chi connectivity index (χ1) is 10.5. The van der Waals surface area contributed by atoms with Gasteiger partial charge >= 0.3 is 10.2 Å². The second kappa shape index (κ2) is 5.73. The second-order valence-corrected chi connectivity index (χ2v) is 7.47. The molecule has 118 valence electrons. The topological polar surface area (TPSA) is 82.3 Å². The highest BCUT2D eigenvalue weighted by Crippen LogP contribution is 2.24. The van der Waals surface area contributed by atoms with Crippen molar-refractivity contribution in [2.45, 2.75) is 19.8 Å². The number of pyridine rings is 1. The predicted octanol–water partition coefficient (Wildman–Crippen LogP) is 1.92. The van der Waals surface area contributed by atoms with Crippen LogP contribution in [0.3, 0.4) is 0 Å². The van der Waals surface area contributed by atoms with Crippen LogP contribution in [0, 0.1) is 5.92 Å². The predicted molar refractivity (Wildman–Crippen MR) is 87.1 cm³/mol. The van der Waals surface area contributed by atoms with E-state index in [0.717, 1.165) is 12.8 Å². The number of aromatic nitrogens is 1. The van der Waals surface area contributed by atoms with Gasteiger partial charge in [0.2, 0.25) is 5.56 Å². The fraction of sp³-hybridized carbons (Fsp3) is 0.400. The average Bonchev–Trinajstić information content (AvgIpc) is 2.47. The summed E-state index contributed by atoms with van der Waals surface area (Å²) in [6, 6.07) is 8.19. The molecule has 6 nitrogen and oxygen atoms in total. The summed E-state index contributed by atoms with van der Waals surface area (Å²) in [5.74, 6) is 0.370. The van der Waals surface area contributed by atoms with Crippen LogP contribution in [0.5, 0.6) is 0 Å². The molecule has 22 heavy (non-hydrogen) atoms. The molecule has 1 unspecified atom stereocenters. The highest BCUT2D eigenvalue weighted by atomic mass is 32.2. The standard InChI is InChI=1S/C15H19N3O3S/c1-11-4-3-9-18(10-11)22(20,21)17-14-6-2-5-13-12(14)7-8-15(19)16-13/h2,5-8,11,17H,3-4,9-10H2,1H3,(H,16,19). The van der Waals surface area contributed by atoms with Gasteiger partial charge in [-0.1, -0.05) is 13.0 Å². The Morgan fingerprint density at radius 1 is 1.27 bits per heavy atom. The quantitative estimate of drug-likeness (QED) is 0.906. The fourth-order valence-corrected chi connectivity index (χ4v) is 4.25. The van der Waals surface area contributed by atoms with Gasteiger partial charge in [0, 0.05) is 24.5 Å². The maximum atomic E-state index is 12.6. The van der Waals surface area contributed by atoms with Crippen LogP contribution in [0.25, 0.3) is 10.9 Å². The van der Waals surface area contributed by atoms with Gasteiger partial charge in [-0.15, -0.1) is 0 Å². The van der Waals surface area contributed by atoms with Crippen molar-refractivity contribution in [2.24, 2.45) is 5.92 Å². The Bertz CT molecular complexity index is 844. The molecule has 2 aromatic rings. The number of H-pyrrole nitrogens is 1. The Balaban J connectivity index is 1.94. The second-order valence-electron chi connectivity index (χ2n) is 5.80. The van der Waals surface area contributed by atoms with E-state index in [4.69, 9.17) is 0 Å². The number of hydrogen-bond acceptors (Lipinski definition) is 3. The molecule has 1 aliphatic rings. The molecular weight excluding hydrogens is 302 g/mol. The van der Waals surface area contributed by atoms with Crippen molar-refractivity contribution in [3.05, 3.63) is 40.7 Å². The lowest BCUT2D eigenvalue weighted by atomic mass is 10.0. The summed E-state index contributed by atoms with van der Waals surface area (Å²) in [6.07, 6.45) is 1.94. The van der Waals surface area contributed by atoms with Crippen molar-refractivity contribution in [1.82, 2.24) is 9.29 Å². The molecule has 0 bridgehead atoms. The Labute approximate surface area is 129 Å². The van der Waals surface area contributed by atoms with E-state index in [0.29, 0.717) is 35.6 Å². The van der Waals surface area contributed by atoms with Crippen LogP contribution < -0.4 is 10.3 Å². The lowest BCUT2D eigenvalue weighted by Crippen LogP contribution is -2.42. The van der Waals surface area contributed by atoms with E-state index >= 15 is 0 Å². The lowest BCUT2D eigenvalue weighted by Gasteiger charge is -2.30. The zero-order chi connectivity index (χ0) is 15.7. The number of benzene rings is 1. The van der Waals surface area contributed by atoms with Gasteiger partial charge in [0.1, 0.15) is 0 Å². The number of piperidine rings is 1. The van der Waals surface area contributed by atoms with E-state index in [1.807, 2.05) is 0 Å². The van der Waals surface area contributed by atoms with E-state index < -0.39 is 10.2 Å². The maximum Gasteiger partial charge on any atom is 0.301 e. The highest BCUT2D eigenvalue weighted by Gasteiger charge is 2.27. The summed E-state index contributed by atoms with van der Waals surface area (Å²) in [6.45, 7) is 3.14. The van der Waals surface area contributed by atoms with Gasteiger partial charge in [-0.25, -0.2) is 0 Å². The van der Waals surface area contributed by atoms with Gasteiger partial charge in [-0.3, -0.25) is 9.52 Å². The molecule has 7 heteroatoms. The Morgan fingerprint density at radius 2 is 2.09 bits per heavy atom. The minimum absolute atomic E-state index is 0.211. The zero-order valence-electron chi connectivity index (χ0n) is 12.4. The first-order valence-electron chi connectivity index (χ1n) is 7.36. The largest absolute Gasteiger partial charge is 0.322 e. The molecule has 3 rings (SSSR count). The monoisotopic (exact) mass is 321 g/mol. The third-order valence-corrected chi connectivity index (χ3v) is 5.45. The van der Waals surface area contributed by atoms with Crippen molar-refractivity contribution >= 4 is 26.8 Å². The van der Waals surface area contributed by atoms with Gasteiger partial charge in [-0.05, 0) is 37.0 Å². The third kappa shape index (κ3) is 3.00. The van der Waals surface area contributed by atoms with Crippen LogP contribution in [-0.2, 0) is 10.2 Å². The van der Waals surface area contributed by atoms with Crippen molar-refractivity contribution < 1.29 is 8.42 Å². The van der Waals surface area contributed by atoms with Gasteiger partial charge in [0.25, 0.3) is 0 Å². The van der Waals surface area contributed by atoms with Crippen molar-refractivity contribution in [3.8, 4) is 0 Å². The van der Waals surface area contributed by atoms with Crippen LogP contribution in [0.15, 0.2) is 35.1 Å². The molecule has 0 amide bonds. The minimum Gasteiger partial charge on any atom is -0.322 e. The molecule has 1 atom stereocenters. The van der Waals surface area contributed by atoms with Crippen molar-refractivity contribution in [1.29, 1.82) is 0 Å². The molecule has 1 aromatic carbocycles. The SMILES string of the molecule is CC1CCCN(S(=O)(=O)Nc2cccc3[nH]c(=O)ccc23)C1. The van der Waals surface area contributed by atoms with Crippen LogP contribution in [0.4, 0.5) is 5.69 Å². The lowest BCUT2D eigenvalue weighted by molar-refractivity contribution is 0.282. The molecule has 1 fully saturated rings. The van der Waals surface area contributed by atoms with Crippen LogP contribution in [0.1, 0.15) is 19.8 Å². The molecule has 1 aliphatic heterocycles. The molecule has 0 spiro atoms. The van der Waals surface area contributed by atoms with E-state index in [1.54, 1.807) is 24.3 Å². The molecule has 2 N–H and O–H groups in total. The van der Waals surface area contributed by atoms with Crippen LogP contribution >= 0.6 is 0 Å². The number of aromatic amines is 1. The summed E-state index contributed by atoms with van der Waals surface area (Å²) in [7, 11) is -3.58. The number of anilines is 1. The van der Waals surface area contributed by atoms with Crippen LogP contribution in [-0.4, -0.2) is 30.8 Å². The van der Waals surface area contributed by atoms with E-state index in [1.165, 1.54) is 10.4 Å². The average molecular weight is 321 g/mol. The van der Waals surface area contributed by atoms with Gasteiger partial charge in [0.05, 0.1) is 11.2 Å². The molecule has 1 saturated heterocycles. The Morgan fingerprint density at radius 3 is 2.86 bits per heavy atom. The Kier molecular flexibility index (Phi) is 3.92. The van der Waals surface area contributed by atoms with Crippen LogP contribution in [0.2, 0.25) is 0 Å². The molecule has 0 saturated carbocycles. The van der Waals surface area contributed by atoms with E-state index in [2.05, 4.69) is 16.6 Å². The summed E-state index contributed by atoms with van der Waals surface area (Å²) >= 11 is 0. The first kappa shape index (κ1) is 15.1. The van der Waals surface area contributed by atoms with E-state index in [9.17, 15) is 13.2 Å². The maximum absolute atomic E-state index is 12.6. The summed E-state index contributed by atoms with van der Waals surface area (Å²) in [5.41, 5.74) is 0.879. The number of rotatable bonds is 3. The number of nitrogens with zero attached hydrogens (tertiary/aromatic N) is 1. The molecular formula is C15H19N3O3S. The van der Waals surface area contributed by atoms with Gasteiger partial charge in [0.15, 0.2) is 0 Å². The fourth-order valence-electron chi connectivity index (χ4n) is 2.84. The number of hydrogen-bond donors (Lipinski definition) is 2. The summed E-state index contributed by atoms with van der Waals surface area (Å²) < 4.78 is 29.2. The third-order valence-electron chi connectivity index (χ3n) is 3.96. The molecule has 2 heterocycles. The molecule has 0 aliphatic carbocycles. The summed E-state index contributed by atoms with van der Waals surface area (Å²) in [4.78, 5) is 14.1.